The third-order valence-electron chi connectivity index (χ3n) is 1.37. The van der Waals surface area contributed by atoms with Crippen LogP contribution in [0.1, 0.15) is 5.01 Å². The fraction of sp³-hybridized carbons (Fsp3) is 0.429. The SMILES string of the molecule is [CH2]Sc1nnc(CC(=O)N(C)C)s1. The van der Waals surface area contributed by atoms with E-state index in [0.29, 0.717) is 6.42 Å². The molecule has 4 nitrogen and oxygen atoms in total. The third kappa shape index (κ3) is 2.96. The second-order valence-electron chi connectivity index (χ2n) is 2.57. The van der Waals surface area contributed by atoms with Gasteiger partial charge in [0.2, 0.25) is 5.91 Å². The number of rotatable bonds is 3. The molecule has 0 fully saturated rings. The molecule has 0 aromatic carbocycles. The molecular formula is C7H10N3OS2. The van der Waals surface area contributed by atoms with Crippen molar-refractivity contribution in [3.63, 3.8) is 0 Å². The Morgan fingerprint density at radius 3 is 2.77 bits per heavy atom. The van der Waals surface area contributed by atoms with Crippen molar-refractivity contribution in [2.75, 3.05) is 14.1 Å². The van der Waals surface area contributed by atoms with Gasteiger partial charge in [0, 0.05) is 20.4 Å². The molecule has 0 atom stereocenters. The third-order valence-corrected chi connectivity index (χ3v) is 3.02. The highest BCUT2D eigenvalue weighted by molar-refractivity contribution is 8.02. The summed E-state index contributed by atoms with van der Waals surface area (Å²) >= 11 is 2.70. The number of likely N-dealkylation sites (N-methyl/N-ethyl adjacent to an activating group) is 1. The lowest BCUT2D eigenvalue weighted by Gasteiger charge is -2.07. The van der Waals surface area contributed by atoms with Gasteiger partial charge >= 0.3 is 0 Å². The highest BCUT2D eigenvalue weighted by Gasteiger charge is 2.09. The van der Waals surface area contributed by atoms with E-state index in [0.717, 1.165) is 9.35 Å². The van der Waals surface area contributed by atoms with Crippen LogP contribution >= 0.6 is 23.1 Å². The first-order chi connectivity index (χ1) is 6.13. The number of carbonyl (C=O) groups is 1. The Labute approximate surface area is 85.3 Å². The van der Waals surface area contributed by atoms with Crippen molar-refractivity contribution in [3.05, 3.63) is 11.3 Å². The second-order valence-corrected chi connectivity index (χ2v) is 4.57. The number of hydrogen-bond acceptors (Lipinski definition) is 5. The van der Waals surface area contributed by atoms with Gasteiger partial charge in [0.25, 0.3) is 0 Å². The van der Waals surface area contributed by atoms with E-state index >= 15 is 0 Å². The van der Waals surface area contributed by atoms with Crippen molar-refractivity contribution in [1.29, 1.82) is 0 Å². The Morgan fingerprint density at radius 2 is 2.31 bits per heavy atom. The molecule has 0 aliphatic rings. The van der Waals surface area contributed by atoms with Crippen LogP contribution < -0.4 is 0 Å². The Bertz CT molecular complexity index is 298. The summed E-state index contributed by atoms with van der Waals surface area (Å²) in [5.74, 6) is 0.0387. The first kappa shape index (κ1) is 10.5. The highest BCUT2D eigenvalue weighted by Crippen LogP contribution is 2.20. The van der Waals surface area contributed by atoms with Gasteiger partial charge in [-0.3, -0.25) is 4.79 Å². The van der Waals surface area contributed by atoms with Gasteiger partial charge in [0.05, 0.1) is 6.42 Å². The molecule has 6 heteroatoms. The van der Waals surface area contributed by atoms with Gasteiger partial charge < -0.3 is 4.90 Å². The van der Waals surface area contributed by atoms with Gasteiger partial charge in [-0.1, -0.05) is 23.1 Å². The maximum Gasteiger partial charge on any atom is 0.229 e. The maximum absolute atomic E-state index is 11.3. The zero-order chi connectivity index (χ0) is 9.84. The smallest absolute Gasteiger partial charge is 0.229 e. The lowest BCUT2D eigenvalue weighted by molar-refractivity contribution is -0.127. The van der Waals surface area contributed by atoms with Crippen LogP contribution in [0.15, 0.2) is 4.34 Å². The molecular weight excluding hydrogens is 206 g/mol. The van der Waals surface area contributed by atoms with E-state index in [1.54, 1.807) is 19.0 Å². The van der Waals surface area contributed by atoms with E-state index in [-0.39, 0.29) is 5.91 Å². The van der Waals surface area contributed by atoms with Crippen LogP contribution in [0.2, 0.25) is 0 Å². The first-order valence-corrected chi connectivity index (χ1v) is 5.38. The molecule has 1 radical (unpaired) electrons. The largest absolute Gasteiger partial charge is 0.348 e. The average Bonchev–Trinajstić information content (AvgIpc) is 2.52. The Morgan fingerprint density at radius 1 is 1.62 bits per heavy atom. The van der Waals surface area contributed by atoms with Gasteiger partial charge in [-0.15, -0.1) is 10.2 Å². The molecule has 71 valence electrons. The van der Waals surface area contributed by atoms with Gasteiger partial charge in [-0.2, -0.15) is 0 Å². The van der Waals surface area contributed by atoms with Gasteiger partial charge in [0.15, 0.2) is 4.34 Å². The van der Waals surface area contributed by atoms with Crippen molar-refractivity contribution < 1.29 is 4.79 Å². The normalized spacial score (nSPS) is 10.1. The van der Waals surface area contributed by atoms with Crippen molar-refractivity contribution in [2.45, 2.75) is 10.8 Å². The summed E-state index contributed by atoms with van der Waals surface area (Å²) in [7, 11) is 3.45. The lowest BCUT2D eigenvalue weighted by Crippen LogP contribution is -2.23. The molecule has 0 bridgehead atoms. The Kier molecular flexibility index (Phi) is 3.68. The molecule has 13 heavy (non-hydrogen) atoms. The average molecular weight is 216 g/mol. The summed E-state index contributed by atoms with van der Waals surface area (Å²) in [6.45, 7) is 0. The van der Waals surface area contributed by atoms with Gasteiger partial charge in [-0.25, -0.2) is 0 Å². The molecule has 0 saturated heterocycles. The first-order valence-electron chi connectivity index (χ1n) is 3.58. The van der Waals surface area contributed by atoms with Crippen molar-refractivity contribution in [2.24, 2.45) is 0 Å². The molecule has 1 amide bonds. The van der Waals surface area contributed by atoms with Gasteiger partial charge in [0.1, 0.15) is 5.01 Å². The molecule has 0 N–H and O–H groups in total. The molecule has 0 aliphatic carbocycles. The number of thioether (sulfide) groups is 1. The lowest BCUT2D eigenvalue weighted by atomic mass is 10.4. The van der Waals surface area contributed by atoms with Crippen LogP contribution in [0.5, 0.6) is 0 Å². The van der Waals surface area contributed by atoms with Crippen molar-refractivity contribution >= 4 is 29.0 Å². The number of nitrogens with zero attached hydrogens (tertiary/aromatic N) is 3. The highest BCUT2D eigenvalue weighted by atomic mass is 32.2. The minimum absolute atomic E-state index is 0.0387. The van der Waals surface area contributed by atoms with E-state index in [1.807, 2.05) is 0 Å². The molecule has 0 spiro atoms. The van der Waals surface area contributed by atoms with Gasteiger partial charge in [-0.05, 0) is 0 Å². The van der Waals surface area contributed by atoms with Crippen LogP contribution in [0.3, 0.4) is 0 Å². The maximum atomic E-state index is 11.3. The van der Waals surface area contributed by atoms with Crippen LogP contribution in [0.4, 0.5) is 0 Å². The predicted molar refractivity (Wildman–Crippen MR) is 53.5 cm³/mol. The fourth-order valence-corrected chi connectivity index (χ4v) is 1.84. The molecule has 1 aromatic heterocycles. The Hall–Kier alpha value is -0.620. The standard InChI is InChI=1S/C7H10N3OS2/c1-10(2)6(11)4-5-8-9-7(12-3)13-5/h3-4H2,1-2H3. The minimum atomic E-state index is 0.0387. The van der Waals surface area contributed by atoms with Crippen LogP contribution in [0.25, 0.3) is 0 Å². The second kappa shape index (κ2) is 4.57. The zero-order valence-corrected chi connectivity index (χ0v) is 9.11. The van der Waals surface area contributed by atoms with E-state index in [1.165, 1.54) is 23.1 Å². The number of amides is 1. The molecule has 1 heterocycles. The molecule has 0 saturated carbocycles. The fourth-order valence-electron chi connectivity index (χ4n) is 0.655. The zero-order valence-electron chi connectivity index (χ0n) is 7.48. The molecule has 1 aromatic rings. The number of carbonyl (C=O) groups excluding carboxylic acids is 1. The van der Waals surface area contributed by atoms with E-state index in [9.17, 15) is 4.79 Å². The topological polar surface area (TPSA) is 46.1 Å². The summed E-state index contributed by atoms with van der Waals surface area (Å²) in [5.41, 5.74) is 0. The molecule has 1 rings (SSSR count). The summed E-state index contributed by atoms with van der Waals surface area (Å²) in [6.07, 6.45) is 3.94. The predicted octanol–water partition coefficient (Wildman–Crippen LogP) is 1.05. The number of aromatic nitrogens is 2. The molecule has 0 aliphatic heterocycles. The monoisotopic (exact) mass is 216 g/mol. The number of hydrogen-bond donors (Lipinski definition) is 0. The van der Waals surface area contributed by atoms with Crippen molar-refractivity contribution in [1.82, 2.24) is 15.1 Å². The van der Waals surface area contributed by atoms with Crippen LogP contribution in [-0.2, 0) is 11.2 Å². The van der Waals surface area contributed by atoms with Crippen LogP contribution in [-0.4, -0.2) is 35.1 Å². The van der Waals surface area contributed by atoms with E-state index in [2.05, 4.69) is 16.5 Å². The molecule has 0 unspecified atom stereocenters. The summed E-state index contributed by atoms with van der Waals surface area (Å²) in [5, 5.41) is 8.46. The minimum Gasteiger partial charge on any atom is -0.348 e. The summed E-state index contributed by atoms with van der Waals surface area (Å²) < 4.78 is 0.793. The summed E-state index contributed by atoms with van der Waals surface area (Å²) in [6, 6.07) is 0. The Balaban J connectivity index is 2.59. The summed E-state index contributed by atoms with van der Waals surface area (Å²) in [4.78, 5) is 12.8. The quantitative estimate of drug-likeness (QED) is 0.709. The van der Waals surface area contributed by atoms with Crippen LogP contribution in [0, 0.1) is 6.26 Å². The van der Waals surface area contributed by atoms with E-state index < -0.39 is 0 Å². The van der Waals surface area contributed by atoms with E-state index in [4.69, 9.17) is 0 Å². The van der Waals surface area contributed by atoms with Crippen molar-refractivity contribution in [3.8, 4) is 0 Å².